The SMILES string of the molecule is CN1C(=O)NC(=O)C12Cc1ccccc1C2.CNC1(C#N)Cc2ccccc2C1.Cl. The lowest BCUT2D eigenvalue weighted by atomic mass is 9.95. The quantitative estimate of drug-likeness (QED) is 0.688. The largest absolute Gasteiger partial charge is 0.324 e. The van der Waals surface area contributed by atoms with E-state index in [0.29, 0.717) is 12.8 Å². The molecule has 0 bridgehead atoms. The van der Waals surface area contributed by atoms with Gasteiger partial charge < -0.3 is 10.2 Å². The summed E-state index contributed by atoms with van der Waals surface area (Å²) < 4.78 is 0. The van der Waals surface area contributed by atoms with E-state index in [2.05, 4.69) is 28.8 Å². The van der Waals surface area contributed by atoms with Crippen molar-refractivity contribution in [3.05, 3.63) is 70.8 Å². The van der Waals surface area contributed by atoms with Gasteiger partial charge in [0.2, 0.25) is 0 Å². The van der Waals surface area contributed by atoms with E-state index in [-0.39, 0.29) is 29.9 Å². The molecule has 1 heterocycles. The van der Waals surface area contributed by atoms with Gasteiger partial charge in [0.1, 0.15) is 11.1 Å². The monoisotopic (exact) mass is 424 g/mol. The smallest absolute Gasteiger partial charge is 0.312 e. The number of benzene rings is 2. The molecule has 156 valence electrons. The van der Waals surface area contributed by atoms with E-state index in [4.69, 9.17) is 5.26 Å². The highest BCUT2D eigenvalue weighted by molar-refractivity contribution is 6.07. The minimum Gasteiger partial charge on any atom is -0.312 e. The lowest BCUT2D eigenvalue weighted by Crippen LogP contribution is -2.48. The number of fused-ring (bicyclic) bond motifs is 2. The van der Waals surface area contributed by atoms with Crippen LogP contribution in [0.2, 0.25) is 0 Å². The zero-order chi connectivity index (χ0) is 20.6. The molecule has 0 atom stereocenters. The van der Waals surface area contributed by atoms with Crippen LogP contribution in [0, 0.1) is 11.3 Å². The molecule has 2 aliphatic carbocycles. The number of carbonyl (C=O) groups excluding carboxylic acids is 2. The van der Waals surface area contributed by atoms with E-state index >= 15 is 0 Å². The second-order valence-electron chi connectivity index (χ2n) is 8.04. The minimum atomic E-state index is -0.680. The second-order valence-corrected chi connectivity index (χ2v) is 8.04. The Kier molecular flexibility index (Phi) is 5.89. The highest BCUT2D eigenvalue weighted by atomic mass is 35.5. The maximum Gasteiger partial charge on any atom is 0.324 e. The molecule has 2 aromatic rings. The topological polar surface area (TPSA) is 85.2 Å². The first-order valence-corrected chi connectivity index (χ1v) is 9.76. The predicted octanol–water partition coefficient (Wildman–Crippen LogP) is 2.39. The summed E-state index contributed by atoms with van der Waals surface area (Å²) in [6.07, 6.45) is 2.90. The van der Waals surface area contributed by atoms with E-state index in [9.17, 15) is 9.59 Å². The van der Waals surface area contributed by atoms with Gasteiger partial charge in [-0.05, 0) is 29.3 Å². The number of nitriles is 1. The Morgan fingerprint density at radius 1 is 0.933 bits per heavy atom. The zero-order valence-electron chi connectivity index (χ0n) is 17.1. The number of nitrogens with zero attached hydrogens (tertiary/aromatic N) is 2. The number of hydrogen-bond acceptors (Lipinski definition) is 4. The van der Waals surface area contributed by atoms with Gasteiger partial charge >= 0.3 is 6.03 Å². The maximum absolute atomic E-state index is 11.9. The zero-order valence-corrected chi connectivity index (χ0v) is 17.9. The van der Waals surface area contributed by atoms with E-state index in [0.717, 1.165) is 12.8 Å². The van der Waals surface area contributed by atoms with Crippen LogP contribution in [0.3, 0.4) is 0 Å². The number of carbonyl (C=O) groups is 2. The number of nitrogens with one attached hydrogen (secondary N) is 2. The van der Waals surface area contributed by atoms with Crippen molar-refractivity contribution < 1.29 is 9.59 Å². The first-order chi connectivity index (χ1) is 13.9. The van der Waals surface area contributed by atoms with Gasteiger partial charge in [-0.25, -0.2) is 4.79 Å². The van der Waals surface area contributed by atoms with E-state index in [1.54, 1.807) is 7.05 Å². The van der Waals surface area contributed by atoms with Crippen molar-refractivity contribution in [3.8, 4) is 6.07 Å². The highest BCUT2D eigenvalue weighted by Gasteiger charge is 2.54. The van der Waals surface area contributed by atoms with Crippen LogP contribution in [0.25, 0.3) is 0 Å². The number of amides is 3. The lowest BCUT2D eigenvalue weighted by molar-refractivity contribution is -0.125. The molecule has 3 aliphatic rings. The molecule has 0 saturated carbocycles. The highest BCUT2D eigenvalue weighted by Crippen LogP contribution is 2.36. The number of likely N-dealkylation sites (N-methyl/N-ethyl adjacent to an activating group) is 2. The van der Waals surface area contributed by atoms with Gasteiger partial charge in [0.05, 0.1) is 6.07 Å². The van der Waals surface area contributed by atoms with Gasteiger partial charge in [0.15, 0.2) is 0 Å². The third-order valence-electron chi connectivity index (χ3n) is 6.47. The molecule has 0 unspecified atom stereocenters. The summed E-state index contributed by atoms with van der Waals surface area (Å²) in [5.74, 6) is -0.170. The van der Waals surface area contributed by atoms with Crippen molar-refractivity contribution in [2.75, 3.05) is 14.1 Å². The molecule has 0 aromatic heterocycles. The molecule has 1 spiro atoms. The van der Waals surface area contributed by atoms with Crippen LogP contribution in [-0.4, -0.2) is 42.0 Å². The fourth-order valence-electron chi connectivity index (χ4n) is 4.56. The first-order valence-electron chi connectivity index (χ1n) is 9.76. The van der Waals surface area contributed by atoms with Crippen LogP contribution < -0.4 is 10.6 Å². The summed E-state index contributed by atoms with van der Waals surface area (Å²) in [5.41, 5.74) is 3.90. The third kappa shape index (κ3) is 3.45. The van der Waals surface area contributed by atoms with Crippen LogP contribution in [0.1, 0.15) is 22.3 Å². The number of rotatable bonds is 1. The summed E-state index contributed by atoms with van der Waals surface area (Å²) in [5, 5.41) is 14.6. The average Bonchev–Trinajstić information content (AvgIpc) is 3.38. The second kappa shape index (κ2) is 8.10. The molecular formula is C23H25ClN4O2. The van der Waals surface area contributed by atoms with Crippen molar-refractivity contribution in [1.82, 2.24) is 15.5 Å². The average molecular weight is 425 g/mol. The normalized spacial score (nSPS) is 19.2. The molecule has 1 saturated heterocycles. The molecule has 3 amide bonds. The summed E-state index contributed by atoms with van der Waals surface area (Å²) >= 11 is 0. The lowest BCUT2D eigenvalue weighted by Gasteiger charge is -2.27. The van der Waals surface area contributed by atoms with Gasteiger partial charge in [0.25, 0.3) is 5.91 Å². The molecule has 0 radical (unpaired) electrons. The van der Waals surface area contributed by atoms with E-state index < -0.39 is 5.54 Å². The number of imide groups is 1. The van der Waals surface area contributed by atoms with Crippen LogP contribution in [0.15, 0.2) is 48.5 Å². The molecule has 1 aliphatic heterocycles. The first kappa shape index (κ1) is 21.8. The standard InChI is InChI=1S/C12H12N2O2.C11H12N2.ClH/c1-14-11(16)13-10(15)12(14)6-8-4-2-3-5-9(8)7-12;1-13-11(8-12)6-9-4-2-3-5-10(9)7-11;/h2-5H,6-7H2,1H3,(H,13,15,16);2-5,13H,6-7H2,1H3;1H. The Morgan fingerprint density at radius 2 is 1.37 bits per heavy atom. The Hall–Kier alpha value is -2.88. The molecule has 2 aromatic carbocycles. The molecule has 2 N–H and O–H groups in total. The van der Waals surface area contributed by atoms with E-state index in [1.165, 1.54) is 27.2 Å². The van der Waals surface area contributed by atoms with Crippen LogP contribution in [0.5, 0.6) is 0 Å². The van der Waals surface area contributed by atoms with Gasteiger partial charge in [-0.3, -0.25) is 10.1 Å². The Labute approximate surface area is 182 Å². The van der Waals surface area contributed by atoms with Gasteiger partial charge in [-0.15, -0.1) is 12.4 Å². The molecule has 1 fully saturated rings. The van der Waals surface area contributed by atoms with Gasteiger partial charge in [-0.2, -0.15) is 5.26 Å². The van der Waals surface area contributed by atoms with Gasteiger partial charge in [0, 0.05) is 32.7 Å². The number of hydrogen-bond donors (Lipinski definition) is 2. The van der Waals surface area contributed by atoms with Crippen LogP contribution in [-0.2, 0) is 30.5 Å². The predicted molar refractivity (Wildman–Crippen MR) is 116 cm³/mol. The fraction of sp³-hybridized carbons (Fsp3) is 0.348. The number of halogens is 1. The van der Waals surface area contributed by atoms with Crippen LogP contribution in [0.4, 0.5) is 4.79 Å². The van der Waals surface area contributed by atoms with Crippen molar-refractivity contribution in [2.24, 2.45) is 0 Å². The Bertz CT molecular complexity index is 980. The summed E-state index contributed by atoms with van der Waals surface area (Å²) in [6, 6.07) is 18.3. The van der Waals surface area contributed by atoms with Crippen LogP contribution >= 0.6 is 12.4 Å². The minimum absolute atomic E-state index is 0. The molecular weight excluding hydrogens is 400 g/mol. The molecule has 7 heteroatoms. The number of urea groups is 1. The van der Waals surface area contributed by atoms with E-state index in [1.807, 2.05) is 43.4 Å². The Morgan fingerprint density at radius 3 is 1.70 bits per heavy atom. The summed E-state index contributed by atoms with van der Waals surface area (Å²) in [4.78, 5) is 24.9. The fourth-order valence-corrected chi connectivity index (χ4v) is 4.56. The summed E-state index contributed by atoms with van der Waals surface area (Å²) in [6.45, 7) is 0. The molecule has 6 nitrogen and oxygen atoms in total. The third-order valence-corrected chi connectivity index (χ3v) is 6.47. The van der Waals surface area contributed by atoms with Gasteiger partial charge in [-0.1, -0.05) is 48.5 Å². The van der Waals surface area contributed by atoms with Crippen molar-refractivity contribution in [2.45, 2.75) is 36.8 Å². The molecule has 30 heavy (non-hydrogen) atoms. The Balaban J connectivity index is 0.000000169. The van der Waals surface area contributed by atoms with Crippen molar-refractivity contribution in [1.29, 1.82) is 5.26 Å². The molecule has 5 rings (SSSR count). The summed E-state index contributed by atoms with van der Waals surface area (Å²) in [7, 11) is 3.54. The van der Waals surface area contributed by atoms with Crippen molar-refractivity contribution >= 4 is 24.3 Å². The maximum atomic E-state index is 11.9. The van der Waals surface area contributed by atoms with Crippen molar-refractivity contribution in [3.63, 3.8) is 0 Å².